The van der Waals surface area contributed by atoms with Crippen LogP contribution >= 0.6 is 27.7 Å². The Bertz CT molecular complexity index is 531. The average Bonchev–Trinajstić information content (AvgIpc) is 2.60. The summed E-state index contributed by atoms with van der Waals surface area (Å²) in [6.45, 7) is 0.540. The molecule has 1 aromatic rings. The van der Waals surface area contributed by atoms with E-state index in [0.29, 0.717) is 4.91 Å². The van der Waals surface area contributed by atoms with E-state index in [1.807, 2.05) is 24.3 Å². The van der Waals surface area contributed by atoms with Gasteiger partial charge in [-0.05, 0) is 29.5 Å². The monoisotopic (exact) mass is 326 g/mol. The van der Waals surface area contributed by atoms with Gasteiger partial charge in [-0.15, -0.1) is 0 Å². The summed E-state index contributed by atoms with van der Waals surface area (Å²) in [5.74, 6) is -0.272. The van der Waals surface area contributed by atoms with Gasteiger partial charge in [0.2, 0.25) is 0 Å². The fraction of sp³-hybridized carbons (Fsp3) is 0.167. The number of rotatable bonds is 3. The highest BCUT2D eigenvalue weighted by atomic mass is 79.9. The molecule has 18 heavy (non-hydrogen) atoms. The van der Waals surface area contributed by atoms with Crippen molar-refractivity contribution >= 4 is 44.9 Å². The van der Waals surface area contributed by atoms with Gasteiger partial charge in [0.15, 0.2) is 0 Å². The Morgan fingerprint density at radius 1 is 1.33 bits per heavy atom. The number of carbonyl (C=O) groups excluding carboxylic acids is 2. The second-order valence-corrected chi connectivity index (χ2v) is 5.49. The molecule has 1 saturated heterocycles. The molecular formula is C12H11BrN2O2S. The topological polar surface area (TPSA) is 63.4 Å². The smallest absolute Gasteiger partial charge is 0.293 e. The number of nitrogens with two attached hydrogens (primary N) is 1. The number of hydrogen-bond donors (Lipinski definition) is 1. The largest absolute Gasteiger partial charge is 0.329 e. The van der Waals surface area contributed by atoms with E-state index in [1.165, 1.54) is 4.90 Å². The van der Waals surface area contributed by atoms with Gasteiger partial charge in [0.1, 0.15) is 0 Å². The zero-order valence-corrected chi connectivity index (χ0v) is 11.8. The number of amides is 2. The van der Waals surface area contributed by atoms with E-state index < -0.39 is 0 Å². The molecule has 0 saturated carbocycles. The minimum Gasteiger partial charge on any atom is -0.329 e. The highest BCUT2D eigenvalue weighted by molar-refractivity contribution is 9.10. The maximum Gasteiger partial charge on any atom is 0.293 e. The predicted molar refractivity (Wildman–Crippen MR) is 75.9 cm³/mol. The van der Waals surface area contributed by atoms with E-state index in [4.69, 9.17) is 5.73 Å². The van der Waals surface area contributed by atoms with Gasteiger partial charge in [0, 0.05) is 17.6 Å². The molecule has 1 fully saturated rings. The lowest BCUT2D eigenvalue weighted by Crippen LogP contribution is -2.33. The summed E-state index contributed by atoms with van der Waals surface area (Å²) in [5, 5.41) is -0.260. The zero-order valence-electron chi connectivity index (χ0n) is 9.43. The van der Waals surface area contributed by atoms with Crippen LogP contribution in [0.1, 0.15) is 5.56 Å². The third-order valence-electron chi connectivity index (χ3n) is 2.42. The third kappa shape index (κ3) is 2.66. The van der Waals surface area contributed by atoms with E-state index in [2.05, 4.69) is 15.9 Å². The maximum absolute atomic E-state index is 12.0. The molecule has 0 aromatic heterocycles. The Kier molecular flexibility index (Phi) is 4.21. The van der Waals surface area contributed by atoms with Crippen molar-refractivity contribution in [3.8, 4) is 0 Å². The van der Waals surface area contributed by atoms with Crippen LogP contribution in [-0.4, -0.2) is 29.1 Å². The molecule has 2 N–H and O–H groups in total. The maximum atomic E-state index is 12.0. The molecular weight excluding hydrogens is 316 g/mol. The second kappa shape index (κ2) is 5.69. The summed E-state index contributed by atoms with van der Waals surface area (Å²) in [6, 6.07) is 7.53. The lowest BCUT2D eigenvalue weighted by molar-refractivity contribution is -0.122. The second-order valence-electron chi connectivity index (χ2n) is 3.64. The minimum absolute atomic E-state index is 0.260. The molecule has 0 spiro atoms. The van der Waals surface area contributed by atoms with Gasteiger partial charge in [0.05, 0.1) is 4.91 Å². The fourth-order valence-electron chi connectivity index (χ4n) is 1.56. The van der Waals surface area contributed by atoms with Crippen LogP contribution in [0.3, 0.4) is 0 Å². The molecule has 0 aliphatic carbocycles. The molecule has 6 heteroatoms. The normalized spacial score (nSPS) is 17.9. The summed E-state index contributed by atoms with van der Waals surface area (Å²) in [7, 11) is 0. The first-order chi connectivity index (χ1) is 8.63. The molecule has 1 heterocycles. The standard InChI is InChI=1S/C12H11BrN2O2S/c13-9-4-2-1-3-8(9)7-10-11(16)15(6-5-14)12(17)18-10/h1-4,7H,5-6,14H2/b10-7-. The van der Waals surface area contributed by atoms with E-state index in [1.54, 1.807) is 6.08 Å². The molecule has 0 atom stereocenters. The Morgan fingerprint density at radius 2 is 2.06 bits per heavy atom. The van der Waals surface area contributed by atoms with Gasteiger partial charge >= 0.3 is 0 Å². The summed E-state index contributed by atoms with van der Waals surface area (Å²) < 4.78 is 0.885. The van der Waals surface area contributed by atoms with Crippen molar-refractivity contribution in [1.82, 2.24) is 4.90 Å². The average molecular weight is 327 g/mol. The van der Waals surface area contributed by atoms with Crippen LogP contribution in [0.5, 0.6) is 0 Å². The lowest BCUT2D eigenvalue weighted by atomic mass is 10.2. The molecule has 1 aliphatic rings. The molecule has 94 valence electrons. The molecule has 2 amide bonds. The third-order valence-corrected chi connectivity index (χ3v) is 4.05. The molecule has 1 aliphatic heterocycles. The van der Waals surface area contributed by atoms with Crippen LogP contribution in [-0.2, 0) is 4.79 Å². The van der Waals surface area contributed by atoms with Gasteiger partial charge in [-0.2, -0.15) is 0 Å². The zero-order chi connectivity index (χ0) is 13.1. The molecule has 4 nitrogen and oxygen atoms in total. The van der Waals surface area contributed by atoms with Gasteiger partial charge in [-0.25, -0.2) is 0 Å². The highest BCUT2D eigenvalue weighted by Gasteiger charge is 2.34. The van der Waals surface area contributed by atoms with Crippen molar-refractivity contribution in [3.05, 3.63) is 39.2 Å². The number of carbonyl (C=O) groups is 2. The van der Waals surface area contributed by atoms with Crippen LogP contribution in [0.2, 0.25) is 0 Å². The molecule has 0 unspecified atom stereocenters. The fourth-order valence-corrected chi connectivity index (χ4v) is 2.81. The van der Waals surface area contributed by atoms with Crippen LogP contribution in [0.4, 0.5) is 4.79 Å². The van der Waals surface area contributed by atoms with Gasteiger partial charge in [-0.1, -0.05) is 34.1 Å². The van der Waals surface area contributed by atoms with E-state index >= 15 is 0 Å². The SMILES string of the molecule is NCCN1C(=O)S/C(=C\c2ccccc2Br)C1=O. The molecule has 1 aromatic carbocycles. The first-order valence-corrected chi connectivity index (χ1v) is 6.94. The van der Waals surface area contributed by atoms with Crippen LogP contribution < -0.4 is 5.73 Å². The first kappa shape index (κ1) is 13.3. The van der Waals surface area contributed by atoms with Crippen molar-refractivity contribution in [2.45, 2.75) is 0 Å². The van der Waals surface area contributed by atoms with Gasteiger partial charge in [0.25, 0.3) is 11.1 Å². The molecule has 2 rings (SSSR count). The molecule has 0 bridgehead atoms. The summed E-state index contributed by atoms with van der Waals surface area (Å²) in [6.07, 6.45) is 1.71. The van der Waals surface area contributed by atoms with Crippen molar-refractivity contribution < 1.29 is 9.59 Å². The van der Waals surface area contributed by atoms with Crippen LogP contribution in [0.25, 0.3) is 6.08 Å². The quantitative estimate of drug-likeness (QED) is 0.866. The van der Waals surface area contributed by atoms with E-state index in [-0.39, 0.29) is 24.2 Å². The number of nitrogens with zero attached hydrogens (tertiary/aromatic N) is 1. The predicted octanol–water partition coefficient (Wildman–Crippen LogP) is 2.44. The van der Waals surface area contributed by atoms with E-state index in [0.717, 1.165) is 21.8 Å². The number of thioether (sulfide) groups is 1. The Balaban J connectivity index is 2.28. The summed E-state index contributed by atoms with van der Waals surface area (Å²) in [5.41, 5.74) is 6.24. The Morgan fingerprint density at radius 3 is 2.72 bits per heavy atom. The van der Waals surface area contributed by atoms with E-state index in [9.17, 15) is 9.59 Å². The Hall–Kier alpha value is -1.11. The number of imide groups is 1. The number of benzene rings is 1. The van der Waals surface area contributed by atoms with Gasteiger partial charge in [-0.3, -0.25) is 14.5 Å². The van der Waals surface area contributed by atoms with Crippen LogP contribution in [0, 0.1) is 0 Å². The molecule has 0 radical (unpaired) electrons. The van der Waals surface area contributed by atoms with Crippen molar-refractivity contribution in [2.24, 2.45) is 5.73 Å². The Labute approximate surface area is 117 Å². The minimum atomic E-state index is -0.272. The summed E-state index contributed by atoms with van der Waals surface area (Å²) >= 11 is 4.35. The summed E-state index contributed by atoms with van der Waals surface area (Å²) in [4.78, 5) is 25.2. The number of hydrogen-bond acceptors (Lipinski definition) is 4. The van der Waals surface area contributed by atoms with Crippen LogP contribution in [0.15, 0.2) is 33.6 Å². The number of halogens is 1. The van der Waals surface area contributed by atoms with Crippen molar-refractivity contribution in [2.75, 3.05) is 13.1 Å². The van der Waals surface area contributed by atoms with Gasteiger partial charge < -0.3 is 5.73 Å². The van der Waals surface area contributed by atoms with Crippen molar-refractivity contribution in [1.29, 1.82) is 0 Å². The lowest BCUT2D eigenvalue weighted by Gasteiger charge is -2.09. The highest BCUT2D eigenvalue weighted by Crippen LogP contribution is 2.33. The first-order valence-electron chi connectivity index (χ1n) is 5.33. The van der Waals surface area contributed by atoms with Crippen molar-refractivity contribution in [3.63, 3.8) is 0 Å².